The fourth-order valence-corrected chi connectivity index (χ4v) is 7.47. The molecule has 6 nitrogen and oxygen atoms in total. The van der Waals surface area contributed by atoms with Crippen LogP contribution in [0.3, 0.4) is 0 Å². The Labute approximate surface area is 448 Å². The molecule has 0 spiro atoms. The fourth-order valence-electron chi connectivity index (χ4n) is 7.47. The van der Waals surface area contributed by atoms with Crippen LogP contribution in [0.15, 0.2) is 146 Å². The number of allylic oxidation sites excluding steroid dienone is 24. The summed E-state index contributed by atoms with van der Waals surface area (Å²) in [5.41, 5.74) is 0. The molecule has 6 heteroatoms. The molecule has 0 radical (unpaired) electrons. The first-order valence-electron chi connectivity index (χ1n) is 29.3. The first kappa shape index (κ1) is 68.3. The van der Waals surface area contributed by atoms with E-state index < -0.39 is 6.10 Å². The molecule has 0 N–H and O–H groups in total. The largest absolute Gasteiger partial charge is 0.462 e. The van der Waals surface area contributed by atoms with E-state index in [1.54, 1.807) is 0 Å². The number of unbranched alkanes of at least 4 members (excludes halogenated alkanes) is 16. The van der Waals surface area contributed by atoms with Crippen LogP contribution >= 0.6 is 0 Å². The molecule has 1 atom stereocenters. The quantitative estimate of drug-likeness (QED) is 0.0261. The lowest BCUT2D eigenvalue weighted by atomic mass is 10.1. The van der Waals surface area contributed by atoms with Gasteiger partial charge in [0.25, 0.3) is 0 Å². The van der Waals surface area contributed by atoms with Crippen LogP contribution in [0.1, 0.15) is 239 Å². The van der Waals surface area contributed by atoms with Crippen molar-refractivity contribution in [1.82, 2.24) is 0 Å². The Morgan fingerprint density at radius 3 is 0.904 bits per heavy atom. The molecule has 1 unspecified atom stereocenters. The van der Waals surface area contributed by atoms with Gasteiger partial charge in [0, 0.05) is 19.3 Å². The zero-order chi connectivity index (χ0) is 52.9. The number of carbonyl (C=O) groups excluding carboxylic acids is 3. The van der Waals surface area contributed by atoms with Gasteiger partial charge in [-0.3, -0.25) is 14.4 Å². The lowest BCUT2D eigenvalue weighted by Gasteiger charge is -2.18. The molecular formula is C67H106O6. The molecule has 0 aliphatic rings. The molecule has 0 bridgehead atoms. The third kappa shape index (κ3) is 58.1. The first-order valence-corrected chi connectivity index (χ1v) is 29.3. The van der Waals surface area contributed by atoms with Crippen LogP contribution in [0.2, 0.25) is 0 Å². The number of rotatable bonds is 51. The molecule has 0 aromatic rings. The highest BCUT2D eigenvalue weighted by Crippen LogP contribution is 2.14. The van der Waals surface area contributed by atoms with Gasteiger partial charge in [0.2, 0.25) is 0 Å². The Kier molecular flexibility index (Phi) is 56.0. The van der Waals surface area contributed by atoms with Gasteiger partial charge >= 0.3 is 17.9 Å². The van der Waals surface area contributed by atoms with Gasteiger partial charge in [-0.25, -0.2) is 0 Å². The van der Waals surface area contributed by atoms with Crippen LogP contribution in [-0.2, 0) is 28.6 Å². The maximum atomic E-state index is 12.9. The van der Waals surface area contributed by atoms with Gasteiger partial charge in [-0.2, -0.15) is 0 Å². The molecule has 0 amide bonds. The number of esters is 3. The third-order valence-corrected chi connectivity index (χ3v) is 11.8. The van der Waals surface area contributed by atoms with Gasteiger partial charge in [-0.1, -0.05) is 231 Å². The minimum Gasteiger partial charge on any atom is -0.462 e. The molecule has 0 heterocycles. The highest BCUT2D eigenvalue weighted by atomic mass is 16.6. The van der Waals surface area contributed by atoms with E-state index in [2.05, 4.69) is 167 Å². The Morgan fingerprint density at radius 2 is 0.548 bits per heavy atom. The van der Waals surface area contributed by atoms with Crippen molar-refractivity contribution < 1.29 is 28.6 Å². The second-order valence-electron chi connectivity index (χ2n) is 18.8. The van der Waals surface area contributed by atoms with E-state index in [4.69, 9.17) is 14.2 Å². The van der Waals surface area contributed by atoms with E-state index in [1.807, 2.05) is 0 Å². The van der Waals surface area contributed by atoms with Crippen molar-refractivity contribution in [1.29, 1.82) is 0 Å². The highest BCUT2D eigenvalue weighted by molar-refractivity contribution is 5.71. The minimum absolute atomic E-state index is 0.119. The smallest absolute Gasteiger partial charge is 0.306 e. The number of carbonyl (C=O) groups is 3. The molecule has 0 aromatic carbocycles. The van der Waals surface area contributed by atoms with Crippen molar-refractivity contribution in [3.8, 4) is 0 Å². The molecule has 0 aromatic heterocycles. The molecule has 0 fully saturated rings. The van der Waals surface area contributed by atoms with Gasteiger partial charge < -0.3 is 14.2 Å². The SMILES string of the molecule is CC/C=C\C/C=C\C/C=C\C/C=C\C/C=C\C/C=C\C/C=C\CCCC(=O)OCC(COC(=O)CCCCC/C=C\C/C=C\C/C=C\CC)OC(=O)CCCCCCCCCCC/C=C\C/C=C\CCCCC. The molecular weight excluding hydrogens is 901 g/mol. The van der Waals surface area contributed by atoms with E-state index in [9.17, 15) is 14.4 Å². The summed E-state index contributed by atoms with van der Waals surface area (Å²) in [6.07, 6.45) is 85.6. The Balaban J connectivity index is 4.52. The van der Waals surface area contributed by atoms with E-state index in [-0.39, 0.29) is 37.5 Å². The first-order chi connectivity index (χ1) is 36.0. The summed E-state index contributed by atoms with van der Waals surface area (Å²) in [6, 6.07) is 0. The van der Waals surface area contributed by atoms with Crippen molar-refractivity contribution in [2.45, 2.75) is 245 Å². The molecule has 0 rings (SSSR count). The molecule has 73 heavy (non-hydrogen) atoms. The summed E-state index contributed by atoms with van der Waals surface area (Å²) in [5.74, 6) is -1.02. The summed E-state index contributed by atoms with van der Waals surface area (Å²) in [5, 5.41) is 0. The average molecular weight is 1010 g/mol. The van der Waals surface area contributed by atoms with Crippen molar-refractivity contribution in [2.24, 2.45) is 0 Å². The predicted octanol–water partition coefficient (Wildman–Crippen LogP) is 20.0. The maximum Gasteiger partial charge on any atom is 0.306 e. The summed E-state index contributed by atoms with van der Waals surface area (Å²) in [7, 11) is 0. The minimum atomic E-state index is -0.823. The molecule has 410 valence electrons. The van der Waals surface area contributed by atoms with Crippen molar-refractivity contribution in [2.75, 3.05) is 13.2 Å². The fraction of sp³-hybridized carbons (Fsp3) is 0.597. The van der Waals surface area contributed by atoms with Gasteiger partial charge in [0.05, 0.1) is 0 Å². The van der Waals surface area contributed by atoms with Gasteiger partial charge in [-0.05, 0) is 135 Å². The van der Waals surface area contributed by atoms with Crippen molar-refractivity contribution >= 4 is 17.9 Å². The standard InChI is InChI=1S/C67H106O6/c1-4-7-10-13-16-19-22-25-27-29-31-32-33-34-36-37-39-42-45-48-51-54-57-60-66(69)72-63-64(62-71-65(68)59-56-53-50-47-44-41-24-21-18-15-12-9-6-3)73-67(70)61-58-55-52-49-46-43-40-38-35-30-28-26-23-20-17-14-11-8-5-2/h7,9-10,12,16-21,25-28,31-32,34,36,39,41-42,44,48,51,64H,4-6,8,11,13-15,22-24,29-30,33,35,37-38,40,43,45-47,49-50,52-63H2,1-3H3/b10-7-,12-9-,19-16-,20-17-,21-18-,27-25-,28-26-,32-31-,36-34-,42-39-,44-41-,51-48-. The second kappa shape index (κ2) is 59.8. The van der Waals surface area contributed by atoms with Crippen LogP contribution in [0.25, 0.3) is 0 Å². The lowest BCUT2D eigenvalue weighted by Crippen LogP contribution is -2.30. The predicted molar refractivity (Wildman–Crippen MR) is 315 cm³/mol. The number of hydrogen-bond donors (Lipinski definition) is 0. The van der Waals surface area contributed by atoms with Gasteiger partial charge in [0.1, 0.15) is 13.2 Å². The molecule has 0 saturated carbocycles. The van der Waals surface area contributed by atoms with E-state index in [0.717, 1.165) is 122 Å². The molecule has 0 aliphatic carbocycles. The third-order valence-electron chi connectivity index (χ3n) is 11.8. The monoisotopic (exact) mass is 1010 g/mol. The summed E-state index contributed by atoms with van der Waals surface area (Å²) < 4.78 is 16.8. The normalized spacial score (nSPS) is 13.2. The molecule has 0 aliphatic heterocycles. The van der Waals surface area contributed by atoms with Crippen molar-refractivity contribution in [3.63, 3.8) is 0 Å². The van der Waals surface area contributed by atoms with Gasteiger partial charge in [0.15, 0.2) is 6.10 Å². The van der Waals surface area contributed by atoms with Gasteiger partial charge in [-0.15, -0.1) is 0 Å². The van der Waals surface area contributed by atoms with E-state index in [1.165, 1.54) is 70.6 Å². The van der Waals surface area contributed by atoms with Crippen LogP contribution < -0.4 is 0 Å². The topological polar surface area (TPSA) is 78.9 Å². The van der Waals surface area contributed by atoms with Crippen LogP contribution in [0, 0.1) is 0 Å². The van der Waals surface area contributed by atoms with E-state index >= 15 is 0 Å². The maximum absolute atomic E-state index is 12.9. The Hall–Kier alpha value is -4.71. The average Bonchev–Trinajstić information content (AvgIpc) is 3.39. The summed E-state index contributed by atoms with van der Waals surface area (Å²) >= 11 is 0. The Morgan fingerprint density at radius 1 is 0.288 bits per heavy atom. The van der Waals surface area contributed by atoms with Crippen molar-refractivity contribution in [3.05, 3.63) is 146 Å². The summed E-state index contributed by atoms with van der Waals surface area (Å²) in [4.78, 5) is 38.2. The summed E-state index contributed by atoms with van der Waals surface area (Å²) in [6.45, 7) is 6.30. The lowest BCUT2D eigenvalue weighted by molar-refractivity contribution is -0.167. The highest BCUT2D eigenvalue weighted by Gasteiger charge is 2.19. The van der Waals surface area contributed by atoms with Crippen LogP contribution in [0.4, 0.5) is 0 Å². The number of hydrogen-bond acceptors (Lipinski definition) is 6. The Bertz CT molecular complexity index is 1630. The second-order valence-corrected chi connectivity index (χ2v) is 18.8. The molecule has 0 saturated heterocycles. The van der Waals surface area contributed by atoms with Crippen LogP contribution in [-0.4, -0.2) is 37.2 Å². The van der Waals surface area contributed by atoms with E-state index in [0.29, 0.717) is 19.3 Å². The van der Waals surface area contributed by atoms with Crippen LogP contribution in [0.5, 0.6) is 0 Å². The zero-order valence-corrected chi connectivity index (χ0v) is 46.8. The number of ether oxygens (including phenoxy) is 3. The zero-order valence-electron chi connectivity index (χ0n) is 46.8.